The fraction of sp³-hybridized carbons (Fsp3) is 0.600. The number of hydrogen-bond acceptors (Lipinski definition) is 0. The molecule has 0 heterocycles. The molecule has 2 rings (SSSR count). The van der Waals surface area contributed by atoms with Crippen LogP contribution in [0.25, 0.3) is 0 Å². The average Bonchev–Trinajstić information content (AvgIpc) is 2.46. The molecule has 1 heteroatoms. The second-order valence-corrected chi connectivity index (χ2v) is 6.11. The Labute approximate surface area is 104 Å². The van der Waals surface area contributed by atoms with Crippen molar-refractivity contribution in [3.63, 3.8) is 0 Å². The summed E-state index contributed by atoms with van der Waals surface area (Å²) in [5.41, 5.74) is 4.53. The van der Waals surface area contributed by atoms with E-state index in [0.717, 1.165) is 6.42 Å². The zero-order chi connectivity index (χ0) is 11.8. The first kappa shape index (κ1) is 12.0. The van der Waals surface area contributed by atoms with Crippen LogP contribution in [0.5, 0.6) is 0 Å². The van der Waals surface area contributed by atoms with Crippen LogP contribution >= 0.6 is 11.6 Å². The van der Waals surface area contributed by atoms with Crippen molar-refractivity contribution in [3.8, 4) is 0 Å². The maximum Gasteiger partial charge on any atom is 0.0596 e. The average molecular weight is 237 g/mol. The number of fused-ring (bicyclic) bond motifs is 1. The monoisotopic (exact) mass is 236 g/mol. The Balaban J connectivity index is 2.29. The molecule has 0 bridgehead atoms. The molecule has 1 aromatic rings. The van der Waals surface area contributed by atoms with Crippen LogP contribution in [0.2, 0.25) is 0 Å². The molecular formula is C15H21Cl. The number of benzene rings is 1. The molecule has 0 nitrogen and oxygen atoms in total. The van der Waals surface area contributed by atoms with Crippen LogP contribution in [0, 0.1) is 0 Å². The number of aryl methyl sites for hydroxylation is 1. The molecule has 0 saturated heterocycles. The second-order valence-electron chi connectivity index (χ2n) is 5.58. The topological polar surface area (TPSA) is 0 Å². The molecule has 0 aliphatic heterocycles. The predicted molar refractivity (Wildman–Crippen MR) is 71.3 cm³/mol. The zero-order valence-corrected chi connectivity index (χ0v) is 11.3. The molecule has 1 aromatic carbocycles. The third-order valence-corrected chi connectivity index (χ3v) is 4.08. The standard InChI is InChI=1S/C15H21Cl/c1-4-5-6-11-7-8-13-12(9-11)14(16)10-15(13,2)3/h7-9,14H,4-6,10H2,1-3H3. The van der Waals surface area contributed by atoms with Gasteiger partial charge in [0.1, 0.15) is 0 Å². The quantitative estimate of drug-likeness (QED) is 0.649. The van der Waals surface area contributed by atoms with E-state index in [1.807, 2.05) is 0 Å². The van der Waals surface area contributed by atoms with Crippen LogP contribution in [-0.2, 0) is 11.8 Å². The third kappa shape index (κ3) is 2.13. The fourth-order valence-corrected chi connectivity index (χ4v) is 3.26. The smallest absolute Gasteiger partial charge is 0.0596 e. The van der Waals surface area contributed by atoms with Crippen molar-refractivity contribution in [2.24, 2.45) is 0 Å². The number of unbranched alkanes of at least 4 members (excludes halogenated alkanes) is 1. The van der Waals surface area contributed by atoms with E-state index >= 15 is 0 Å². The molecule has 1 atom stereocenters. The molecule has 0 radical (unpaired) electrons. The summed E-state index contributed by atoms with van der Waals surface area (Å²) in [5.74, 6) is 0. The van der Waals surface area contributed by atoms with Crippen molar-refractivity contribution in [2.45, 2.75) is 57.2 Å². The lowest BCUT2D eigenvalue weighted by molar-refractivity contribution is 0.516. The summed E-state index contributed by atoms with van der Waals surface area (Å²) in [5, 5.41) is 0.214. The Morgan fingerprint density at radius 2 is 2.12 bits per heavy atom. The van der Waals surface area contributed by atoms with Crippen LogP contribution in [0.15, 0.2) is 18.2 Å². The maximum atomic E-state index is 6.43. The van der Waals surface area contributed by atoms with Crippen molar-refractivity contribution in [2.75, 3.05) is 0 Å². The summed E-state index contributed by atoms with van der Waals surface area (Å²) in [6.07, 6.45) is 4.79. The molecule has 0 fully saturated rings. The van der Waals surface area contributed by atoms with Gasteiger partial charge in [-0.3, -0.25) is 0 Å². The molecule has 1 aliphatic rings. The molecule has 88 valence electrons. The Hall–Kier alpha value is -0.490. The van der Waals surface area contributed by atoms with Crippen molar-refractivity contribution in [1.82, 2.24) is 0 Å². The second kappa shape index (κ2) is 4.41. The Kier molecular flexibility index (Phi) is 3.30. The van der Waals surface area contributed by atoms with Crippen LogP contribution in [0.3, 0.4) is 0 Å². The molecule has 16 heavy (non-hydrogen) atoms. The molecule has 0 amide bonds. The molecule has 1 aliphatic carbocycles. The minimum Gasteiger partial charge on any atom is -0.118 e. The molecule has 0 saturated carbocycles. The molecule has 0 spiro atoms. The van der Waals surface area contributed by atoms with Gasteiger partial charge in [-0.05, 0) is 41.4 Å². The first-order valence-corrected chi connectivity index (χ1v) is 6.75. The normalized spacial score (nSPS) is 22.1. The Morgan fingerprint density at radius 1 is 1.38 bits per heavy atom. The number of rotatable bonds is 3. The molecule has 0 N–H and O–H groups in total. The summed E-state index contributed by atoms with van der Waals surface area (Å²) < 4.78 is 0. The van der Waals surface area contributed by atoms with E-state index in [0.29, 0.717) is 0 Å². The van der Waals surface area contributed by atoms with E-state index < -0.39 is 0 Å². The van der Waals surface area contributed by atoms with Crippen molar-refractivity contribution in [3.05, 3.63) is 34.9 Å². The van der Waals surface area contributed by atoms with Crippen LogP contribution in [0.1, 0.15) is 62.1 Å². The van der Waals surface area contributed by atoms with Gasteiger partial charge < -0.3 is 0 Å². The maximum absolute atomic E-state index is 6.43. The van der Waals surface area contributed by atoms with Gasteiger partial charge in [0, 0.05) is 0 Å². The Morgan fingerprint density at radius 3 is 2.81 bits per heavy atom. The van der Waals surface area contributed by atoms with E-state index in [-0.39, 0.29) is 10.8 Å². The lowest BCUT2D eigenvalue weighted by atomic mass is 9.86. The Bertz CT molecular complexity index is 379. The highest BCUT2D eigenvalue weighted by Gasteiger charge is 2.35. The summed E-state index contributed by atoms with van der Waals surface area (Å²) in [4.78, 5) is 0. The number of hydrogen-bond donors (Lipinski definition) is 0. The van der Waals surface area contributed by atoms with Gasteiger partial charge in [-0.15, -0.1) is 11.6 Å². The van der Waals surface area contributed by atoms with Gasteiger partial charge in [0.05, 0.1) is 5.38 Å². The van der Waals surface area contributed by atoms with Crippen LogP contribution < -0.4 is 0 Å². The molecule has 0 aromatic heterocycles. The first-order chi connectivity index (χ1) is 7.54. The summed E-state index contributed by atoms with van der Waals surface area (Å²) in [7, 11) is 0. The van der Waals surface area contributed by atoms with Gasteiger partial charge in [0.25, 0.3) is 0 Å². The van der Waals surface area contributed by atoms with Crippen molar-refractivity contribution >= 4 is 11.6 Å². The number of alkyl halides is 1. The highest BCUT2D eigenvalue weighted by atomic mass is 35.5. The first-order valence-electron chi connectivity index (χ1n) is 6.32. The van der Waals surface area contributed by atoms with Gasteiger partial charge in [0.2, 0.25) is 0 Å². The van der Waals surface area contributed by atoms with Gasteiger partial charge in [-0.1, -0.05) is 45.4 Å². The minimum atomic E-state index is 0.214. The van der Waals surface area contributed by atoms with Crippen molar-refractivity contribution < 1.29 is 0 Å². The largest absolute Gasteiger partial charge is 0.118 e. The van der Waals surface area contributed by atoms with Crippen LogP contribution in [0.4, 0.5) is 0 Å². The van der Waals surface area contributed by atoms with E-state index in [9.17, 15) is 0 Å². The minimum absolute atomic E-state index is 0.214. The lowest BCUT2D eigenvalue weighted by Crippen LogP contribution is -2.11. The number of halogens is 1. The SMILES string of the molecule is CCCCc1ccc2c(c1)C(Cl)CC2(C)C. The van der Waals surface area contributed by atoms with Crippen LogP contribution in [-0.4, -0.2) is 0 Å². The van der Waals surface area contributed by atoms with Gasteiger partial charge in [0.15, 0.2) is 0 Å². The van der Waals surface area contributed by atoms with Gasteiger partial charge in [-0.25, -0.2) is 0 Å². The fourth-order valence-electron chi connectivity index (χ4n) is 2.69. The summed E-state index contributed by atoms with van der Waals surface area (Å²) >= 11 is 6.43. The van der Waals surface area contributed by atoms with Gasteiger partial charge in [-0.2, -0.15) is 0 Å². The van der Waals surface area contributed by atoms with E-state index in [1.165, 1.54) is 36.0 Å². The molecular weight excluding hydrogens is 216 g/mol. The molecule has 1 unspecified atom stereocenters. The zero-order valence-electron chi connectivity index (χ0n) is 10.5. The summed E-state index contributed by atoms with van der Waals surface area (Å²) in [6.45, 7) is 6.82. The highest BCUT2D eigenvalue weighted by molar-refractivity contribution is 6.21. The lowest BCUT2D eigenvalue weighted by Gasteiger charge is -2.18. The van der Waals surface area contributed by atoms with E-state index in [1.54, 1.807) is 0 Å². The van der Waals surface area contributed by atoms with Gasteiger partial charge >= 0.3 is 0 Å². The highest BCUT2D eigenvalue weighted by Crippen LogP contribution is 2.47. The summed E-state index contributed by atoms with van der Waals surface area (Å²) in [6, 6.07) is 6.91. The third-order valence-electron chi connectivity index (χ3n) is 3.69. The van der Waals surface area contributed by atoms with E-state index in [4.69, 9.17) is 11.6 Å². The van der Waals surface area contributed by atoms with Crippen molar-refractivity contribution in [1.29, 1.82) is 0 Å². The predicted octanol–water partition coefficient (Wildman–Crippen LogP) is 4.99. The van der Waals surface area contributed by atoms with E-state index in [2.05, 4.69) is 39.0 Å².